The van der Waals surface area contributed by atoms with Crippen molar-refractivity contribution in [1.82, 2.24) is 45.0 Å². The molecule has 1 unspecified atom stereocenters. The predicted molar refractivity (Wildman–Crippen MR) is 266 cm³/mol. The van der Waals surface area contributed by atoms with Gasteiger partial charge in [-0.3, -0.25) is 43.3 Å². The molecule has 6 N–H and O–H groups in total. The van der Waals surface area contributed by atoms with Crippen molar-refractivity contribution in [3.63, 3.8) is 0 Å². The number of aromatic carboxylic acids is 1. The van der Waals surface area contributed by atoms with Crippen LogP contribution in [0.25, 0.3) is 22.0 Å². The molecule has 1 atom stereocenters. The molecular formula is C48H51Cl2N9O14S. The molecular weight excluding hydrogens is 1030 g/mol. The number of aryl methyl sites for hydroxylation is 4. The van der Waals surface area contributed by atoms with Crippen LogP contribution in [0.2, 0.25) is 10.0 Å². The maximum Gasteiger partial charge on any atom is 0.371 e. The van der Waals surface area contributed by atoms with Crippen molar-refractivity contribution < 1.29 is 60.9 Å². The van der Waals surface area contributed by atoms with Gasteiger partial charge in [0.2, 0.25) is 28.6 Å². The van der Waals surface area contributed by atoms with Crippen LogP contribution < -0.4 is 31.0 Å². The third-order valence-electron chi connectivity index (χ3n) is 11.8. The molecule has 5 amide bonds. The molecule has 0 bridgehead atoms. The molecule has 1 saturated heterocycles. The van der Waals surface area contributed by atoms with Gasteiger partial charge >= 0.3 is 5.97 Å². The number of piperidine rings is 1. The lowest BCUT2D eigenvalue weighted by atomic mass is 9.98. The number of fused-ring (bicyclic) bond motifs is 1. The van der Waals surface area contributed by atoms with Gasteiger partial charge in [0.25, 0.3) is 27.4 Å². The number of H-pyrrole nitrogens is 1. The number of halogens is 2. The van der Waals surface area contributed by atoms with Crippen LogP contribution in [0.5, 0.6) is 5.75 Å². The van der Waals surface area contributed by atoms with Gasteiger partial charge in [0.1, 0.15) is 29.7 Å². The second-order valence-corrected chi connectivity index (χ2v) is 19.4. The number of benzene rings is 2. The Morgan fingerprint density at radius 3 is 2.26 bits per heavy atom. The molecule has 1 aliphatic rings. The summed E-state index contributed by atoms with van der Waals surface area (Å²) in [6.07, 6.45) is 1.93. The number of aromatic amines is 1. The Balaban J connectivity index is 0.938. The van der Waals surface area contributed by atoms with Gasteiger partial charge in [-0.25, -0.2) is 14.5 Å². The van der Waals surface area contributed by atoms with Crippen molar-refractivity contribution in [1.29, 1.82) is 0 Å². The van der Waals surface area contributed by atoms with E-state index in [9.17, 15) is 47.1 Å². The highest BCUT2D eigenvalue weighted by Gasteiger charge is 2.31. The Labute approximate surface area is 432 Å². The van der Waals surface area contributed by atoms with Crippen molar-refractivity contribution in [3.05, 3.63) is 114 Å². The smallest absolute Gasteiger partial charge is 0.371 e. The van der Waals surface area contributed by atoms with Gasteiger partial charge in [-0.2, -0.15) is 13.5 Å². The summed E-state index contributed by atoms with van der Waals surface area (Å²) in [6.45, 7) is 8.18. The Morgan fingerprint density at radius 2 is 1.59 bits per heavy atom. The van der Waals surface area contributed by atoms with Crippen LogP contribution in [0.3, 0.4) is 0 Å². The molecule has 7 rings (SSSR count). The average Bonchev–Trinajstić information content (AvgIpc) is 4.07. The molecule has 1 fully saturated rings. The van der Waals surface area contributed by atoms with Crippen LogP contribution in [0.15, 0.2) is 63.1 Å². The summed E-state index contributed by atoms with van der Waals surface area (Å²) in [5, 5.41) is 22.1. The fourth-order valence-corrected chi connectivity index (χ4v) is 9.51. The highest BCUT2D eigenvalue weighted by molar-refractivity contribution is 7.90. The number of carbonyl (C=O) groups is 6. The predicted octanol–water partition coefficient (Wildman–Crippen LogP) is 4.11. The summed E-state index contributed by atoms with van der Waals surface area (Å²) in [5.41, 5.74) is 3.70. The molecule has 0 saturated carbocycles. The highest BCUT2D eigenvalue weighted by atomic mass is 35.5. The summed E-state index contributed by atoms with van der Waals surface area (Å²) >= 11 is 13.3. The average molecular weight is 1080 g/mol. The van der Waals surface area contributed by atoms with E-state index in [4.69, 9.17) is 41.8 Å². The quantitative estimate of drug-likeness (QED) is 0.0389. The third kappa shape index (κ3) is 12.7. The fourth-order valence-electron chi connectivity index (χ4n) is 8.26. The molecule has 1 aliphatic heterocycles. The minimum atomic E-state index is -4.68. The van der Waals surface area contributed by atoms with E-state index in [-0.39, 0.29) is 94.2 Å². The molecule has 26 heteroatoms. The van der Waals surface area contributed by atoms with Crippen molar-refractivity contribution in [2.75, 3.05) is 46.1 Å². The SMILES string of the molecule is Cc1cc(OCCCc2c(C(=O)NS(=O)(=O)c3ccc(C(=O)O)o3)[nH]c3c(-c4c(C)nn(CC(=O)NCCOCCOCCNC(=O)c5cc(=O)n(C6CCC(=O)NC6=O)cn5)c4C)c(Cl)ccc23)cc(C)c1Cl. The monoisotopic (exact) mass is 1080 g/mol. The Morgan fingerprint density at radius 1 is 0.892 bits per heavy atom. The Hall–Kier alpha value is -7.38. The van der Waals surface area contributed by atoms with Crippen LogP contribution in [-0.2, 0) is 46.8 Å². The molecule has 74 heavy (non-hydrogen) atoms. The standard InChI is InChI=1S/C48H51Cl2N9O14S/c1-25-20-29(21-26(2)42(25)50)72-15-5-6-30-31-7-8-32(49)41(43(31)55-44(30)47(65)57-74(68,69)39-12-10-35(73-39)48(66)67)40-27(3)56-59(28(40)4)23-37(61)51-13-16-70-18-19-71-17-14-52-45(63)33-22-38(62)58(24-53-33)34-9-11-36(60)54-46(34)64/h7-8,10,12,20-22,24,34,55H,5-6,9,11,13-19,23H2,1-4H3,(H,51,61)(H,52,63)(H,57,65)(H,66,67)(H,54,60,64). The number of carboxylic acids is 1. The van der Waals surface area contributed by atoms with Crippen LogP contribution in [0.1, 0.15) is 84.9 Å². The van der Waals surface area contributed by atoms with Gasteiger partial charge in [-0.05, 0) is 94.0 Å². The number of ether oxygens (including phenoxy) is 3. The van der Waals surface area contributed by atoms with Gasteiger partial charge < -0.3 is 39.4 Å². The third-order valence-corrected chi connectivity index (χ3v) is 13.9. The number of rotatable bonds is 23. The number of nitrogens with one attached hydrogen (secondary N) is 5. The van der Waals surface area contributed by atoms with Crippen LogP contribution in [-0.4, -0.2) is 119 Å². The van der Waals surface area contributed by atoms with Gasteiger partial charge in [0, 0.05) is 52.8 Å². The molecule has 0 radical (unpaired) electrons. The number of carbonyl (C=O) groups excluding carboxylic acids is 5. The second-order valence-electron chi connectivity index (χ2n) is 17.0. The summed E-state index contributed by atoms with van der Waals surface area (Å²) in [5.74, 6) is -4.60. The number of carboxylic acid groups (broad SMARTS) is 1. The van der Waals surface area contributed by atoms with E-state index in [1.165, 1.54) is 4.68 Å². The van der Waals surface area contributed by atoms with Crippen LogP contribution in [0, 0.1) is 27.7 Å². The van der Waals surface area contributed by atoms with E-state index in [1.54, 1.807) is 26.0 Å². The van der Waals surface area contributed by atoms with Crippen LogP contribution in [0.4, 0.5) is 0 Å². The van der Waals surface area contributed by atoms with E-state index in [2.05, 4.69) is 31.0 Å². The van der Waals surface area contributed by atoms with E-state index in [1.807, 2.05) is 30.7 Å². The number of amides is 5. The molecule has 0 aliphatic carbocycles. The molecule has 5 heterocycles. The topological polar surface area (TPSA) is 314 Å². The number of furan rings is 1. The first kappa shape index (κ1) is 54.4. The maximum atomic E-state index is 14.0. The zero-order chi connectivity index (χ0) is 53.4. The van der Waals surface area contributed by atoms with E-state index >= 15 is 0 Å². The molecule has 0 spiro atoms. The van der Waals surface area contributed by atoms with Crippen LogP contribution >= 0.6 is 23.2 Å². The molecule has 392 valence electrons. The van der Waals surface area contributed by atoms with Gasteiger partial charge in [0.05, 0.1) is 55.6 Å². The van der Waals surface area contributed by atoms with Gasteiger partial charge in [-0.1, -0.05) is 29.3 Å². The zero-order valence-electron chi connectivity index (χ0n) is 40.4. The van der Waals surface area contributed by atoms with Gasteiger partial charge in [0.15, 0.2) is 0 Å². The zero-order valence-corrected chi connectivity index (χ0v) is 42.7. The Bertz CT molecular complexity index is 3320. The highest BCUT2D eigenvalue weighted by Crippen LogP contribution is 2.40. The lowest BCUT2D eigenvalue weighted by molar-refractivity contribution is -0.135. The lowest BCUT2D eigenvalue weighted by Crippen LogP contribution is -2.44. The molecule has 4 aromatic heterocycles. The number of sulfonamides is 1. The Kier molecular flexibility index (Phi) is 17.4. The van der Waals surface area contributed by atoms with Gasteiger partial charge in [-0.15, -0.1) is 0 Å². The number of hydrogen-bond donors (Lipinski definition) is 6. The lowest BCUT2D eigenvalue weighted by Gasteiger charge is -2.22. The first-order valence-electron chi connectivity index (χ1n) is 23.0. The minimum absolute atomic E-state index is 0.0796. The largest absolute Gasteiger partial charge is 0.494 e. The summed E-state index contributed by atoms with van der Waals surface area (Å²) in [7, 11) is -4.68. The van der Waals surface area contributed by atoms with Crippen molar-refractivity contribution in [2.24, 2.45) is 0 Å². The number of imide groups is 1. The van der Waals surface area contributed by atoms with E-state index in [0.29, 0.717) is 56.2 Å². The van der Waals surface area contributed by atoms with Crippen molar-refractivity contribution >= 4 is 79.6 Å². The molecule has 6 aromatic rings. The van der Waals surface area contributed by atoms with E-state index in [0.717, 1.165) is 40.2 Å². The normalized spacial score (nSPS) is 13.7. The minimum Gasteiger partial charge on any atom is -0.494 e. The fraction of sp³-hybridized carbons (Fsp3) is 0.354. The van der Waals surface area contributed by atoms with Crippen molar-refractivity contribution in [3.8, 4) is 16.9 Å². The van der Waals surface area contributed by atoms with E-state index < -0.39 is 62.1 Å². The number of aromatic nitrogens is 5. The summed E-state index contributed by atoms with van der Waals surface area (Å²) in [6, 6.07) is 8.97. The number of nitrogens with zero attached hydrogens (tertiary/aromatic N) is 4. The first-order valence-corrected chi connectivity index (χ1v) is 25.3. The molecule has 2 aromatic carbocycles. The maximum absolute atomic E-state index is 14.0. The first-order chi connectivity index (χ1) is 35.2. The number of hydrogen-bond acceptors (Lipinski definition) is 15. The van der Waals surface area contributed by atoms with Crippen molar-refractivity contribution in [2.45, 2.75) is 71.1 Å². The summed E-state index contributed by atoms with van der Waals surface area (Å²) < 4.78 is 53.2. The molecule has 23 nitrogen and oxygen atoms in total. The summed E-state index contributed by atoms with van der Waals surface area (Å²) in [4.78, 5) is 94.2. The second kappa shape index (κ2) is 23.7.